The minimum Gasteiger partial charge on any atom is -0.457 e. The van der Waals surface area contributed by atoms with Crippen LogP contribution in [0.25, 0.3) is 0 Å². The van der Waals surface area contributed by atoms with E-state index in [0.717, 1.165) is 0 Å². The molecule has 1 amide bonds. The van der Waals surface area contributed by atoms with E-state index in [1.54, 1.807) is 24.3 Å². The molecule has 0 heterocycles. The number of hydrazine groups is 1. The normalized spacial score (nSPS) is 10.0. The van der Waals surface area contributed by atoms with Gasteiger partial charge in [0, 0.05) is 11.6 Å². The van der Waals surface area contributed by atoms with Crippen molar-refractivity contribution in [3.63, 3.8) is 0 Å². The van der Waals surface area contributed by atoms with Gasteiger partial charge in [0.25, 0.3) is 5.91 Å². The highest BCUT2D eigenvalue weighted by atomic mass is 32.1. The Bertz CT molecular complexity index is 675. The van der Waals surface area contributed by atoms with Crippen LogP contribution >= 0.6 is 12.2 Å². The number of para-hydroxylation sites is 1. The van der Waals surface area contributed by atoms with Gasteiger partial charge in [-0.15, -0.1) is 0 Å². The van der Waals surface area contributed by atoms with Crippen LogP contribution in [0.2, 0.25) is 0 Å². The summed E-state index contributed by atoms with van der Waals surface area (Å²) < 4.78 is 5.71. The molecule has 0 saturated carbocycles. The number of nitrogens with one attached hydrogen (secondary N) is 3. The van der Waals surface area contributed by atoms with Crippen LogP contribution in [0.3, 0.4) is 0 Å². The molecule has 0 saturated heterocycles. The maximum absolute atomic E-state index is 12.1. The van der Waals surface area contributed by atoms with E-state index in [0.29, 0.717) is 22.2 Å². The Kier molecular flexibility index (Phi) is 5.94. The fourth-order valence-corrected chi connectivity index (χ4v) is 2.10. The molecule has 0 radical (unpaired) electrons. The molecule has 23 heavy (non-hydrogen) atoms. The zero-order valence-corrected chi connectivity index (χ0v) is 13.8. The lowest BCUT2D eigenvalue weighted by Crippen LogP contribution is -2.48. The molecule has 0 spiro atoms. The van der Waals surface area contributed by atoms with E-state index >= 15 is 0 Å². The van der Waals surface area contributed by atoms with Gasteiger partial charge in [0.2, 0.25) is 0 Å². The fourth-order valence-electron chi connectivity index (χ4n) is 1.81. The van der Waals surface area contributed by atoms with Crippen molar-refractivity contribution in [2.24, 2.45) is 0 Å². The highest BCUT2D eigenvalue weighted by Gasteiger charge is 2.08. The summed E-state index contributed by atoms with van der Waals surface area (Å²) in [6.07, 6.45) is 0. The van der Waals surface area contributed by atoms with Crippen molar-refractivity contribution in [2.75, 3.05) is 0 Å². The van der Waals surface area contributed by atoms with Gasteiger partial charge in [-0.1, -0.05) is 24.3 Å². The van der Waals surface area contributed by atoms with E-state index in [2.05, 4.69) is 16.2 Å². The molecule has 5 nitrogen and oxygen atoms in total. The molecule has 0 aromatic heterocycles. The van der Waals surface area contributed by atoms with Crippen LogP contribution in [0.1, 0.15) is 24.2 Å². The van der Waals surface area contributed by atoms with Gasteiger partial charge < -0.3 is 10.1 Å². The summed E-state index contributed by atoms with van der Waals surface area (Å²) in [7, 11) is 0. The minimum absolute atomic E-state index is 0.189. The summed E-state index contributed by atoms with van der Waals surface area (Å²) in [6, 6.07) is 16.5. The van der Waals surface area contributed by atoms with Crippen molar-refractivity contribution in [1.82, 2.24) is 16.2 Å². The number of benzene rings is 2. The second-order valence-electron chi connectivity index (χ2n) is 5.15. The predicted octanol–water partition coefficient (Wildman–Crippen LogP) is 3.00. The molecule has 2 rings (SSSR count). The number of hydrogen-bond acceptors (Lipinski definition) is 3. The Labute approximate surface area is 141 Å². The summed E-state index contributed by atoms with van der Waals surface area (Å²) in [4.78, 5) is 12.1. The van der Waals surface area contributed by atoms with E-state index in [4.69, 9.17) is 17.0 Å². The second-order valence-corrected chi connectivity index (χ2v) is 5.56. The van der Waals surface area contributed by atoms with Crippen LogP contribution in [0.5, 0.6) is 11.5 Å². The number of rotatable bonds is 4. The van der Waals surface area contributed by atoms with Crippen molar-refractivity contribution >= 4 is 23.2 Å². The van der Waals surface area contributed by atoms with Crippen molar-refractivity contribution in [1.29, 1.82) is 0 Å². The molecule has 2 aromatic rings. The van der Waals surface area contributed by atoms with Gasteiger partial charge in [-0.2, -0.15) is 0 Å². The van der Waals surface area contributed by atoms with Gasteiger partial charge in [-0.05, 0) is 56.4 Å². The SMILES string of the molecule is CC(C)NC(=S)NNC(=O)c1cccc(Oc2ccccc2)c1. The number of hydrogen-bond donors (Lipinski definition) is 3. The Hall–Kier alpha value is -2.60. The van der Waals surface area contributed by atoms with Gasteiger partial charge in [0.15, 0.2) is 5.11 Å². The second kappa shape index (κ2) is 8.14. The first-order valence-corrected chi connectivity index (χ1v) is 7.65. The number of carbonyl (C=O) groups is 1. The van der Waals surface area contributed by atoms with Crippen LogP contribution in [0.15, 0.2) is 54.6 Å². The van der Waals surface area contributed by atoms with Crippen LogP contribution in [0.4, 0.5) is 0 Å². The Morgan fingerprint density at radius 3 is 2.39 bits per heavy atom. The quantitative estimate of drug-likeness (QED) is 0.594. The van der Waals surface area contributed by atoms with Gasteiger partial charge >= 0.3 is 0 Å². The molecular weight excluding hydrogens is 310 g/mol. The molecule has 6 heteroatoms. The molecule has 0 bridgehead atoms. The average Bonchev–Trinajstić information content (AvgIpc) is 2.53. The monoisotopic (exact) mass is 329 g/mol. The van der Waals surface area contributed by atoms with E-state index in [9.17, 15) is 4.79 Å². The van der Waals surface area contributed by atoms with Gasteiger partial charge in [0.1, 0.15) is 11.5 Å². The maximum atomic E-state index is 12.1. The van der Waals surface area contributed by atoms with Crippen LogP contribution in [-0.2, 0) is 0 Å². The summed E-state index contributed by atoms with van der Waals surface area (Å²) in [6.45, 7) is 3.92. The average molecular weight is 329 g/mol. The first-order valence-electron chi connectivity index (χ1n) is 7.24. The standard InChI is InChI=1S/C17H19N3O2S/c1-12(2)18-17(23)20-19-16(21)13-7-6-10-15(11-13)22-14-8-4-3-5-9-14/h3-12H,1-2H3,(H,19,21)(H2,18,20,23). The largest absolute Gasteiger partial charge is 0.457 e. The third-order valence-electron chi connectivity index (χ3n) is 2.78. The number of thiocarbonyl (C=S) groups is 1. The first kappa shape index (κ1) is 16.8. The molecule has 2 aromatic carbocycles. The van der Waals surface area contributed by atoms with Crippen molar-refractivity contribution in [3.05, 3.63) is 60.2 Å². The molecule has 0 fully saturated rings. The summed E-state index contributed by atoms with van der Waals surface area (Å²) in [5.74, 6) is 1.01. The molecule has 0 aliphatic rings. The third-order valence-corrected chi connectivity index (χ3v) is 3.00. The molecular formula is C17H19N3O2S. The minimum atomic E-state index is -0.295. The lowest BCUT2D eigenvalue weighted by molar-refractivity contribution is 0.0943. The summed E-state index contributed by atoms with van der Waals surface area (Å²) >= 11 is 5.05. The zero-order valence-electron chi connectivity index (χ0n) is 13.0. The van der Waals surface area contributed by atoms with Gasteiger partial charge in [-0.3, -0.25) is 15.6 Å². The van der Waals surface area contributed by atoms with Crippen molar-refractivity contribution in [3.8, 4) is 11.5 Å². The lowest BCUT2D eigenvalue weighted by atomic mass is 10.2. The first-order chi connectivity index (χ1) is 11.0. The molecule has 0 aliphatic heterocycles. The van der Waals surface area contributed by atoms with Crippen LogP contribution in [-0.4, -0.2) is 17.1 Å². The maximum Gasteiger partial charge on any atom is 0.269 e. The smallest absolute Gasteiger partial charge is 0.269 e. The van der Waals surface area contributed by atoms with E-state index in [-0.39, 0.29) is 11.9 Å². The molecule has 0 atom stereocenters. The topological polar surface area (TPSA) is 62.4 Å². The molecule has 0 aliphatic carbocycles. The van der Waals surface area contributed by atoms with Crippen LogP contribution in [0, 0.1) is 0 Å². The Morgan fingerprint density at radius 2 is 1.70 bits per heavy atom. The third kappa shape index (κ3) is 5.60. The number of ether oxygens (including phenoxy) is 1. The lowest BCUT2D eigenvalue weighted by Gasteiger charge is -2.14. The highest BCUT2D eigenvalue weighted by molar-refractivity contribution is 7.80. The van der Waals surface area contributed by atoms with Gasteiger partial charge in [-0.25, -0.2) is 0 Å². The summed E-state index contributed by atoms with van der Waals surface area (Å²) in [5, 5.41) is 3.34. The number of carbonyl (C=O) groups excluding carboxylic acids is 1. The van der Waals surface area contributed by atoms with Crippen molar-refractivity contribution < 1.29 is 9.53 Å². The van der Waals surface area contributed by atoms with Gasteiger partial charge in [0.05, 0.1) is 0 Å². The molecule has 0 unspecified atom stereocenters. The predicted molar refractivity (Wildman–Crippen MR) is 94.4 cm³/mol. The molecule has 3 N–H and O–H groups in total. The van der Waals surface area contributed by atoms with Crippen molar-refractivity contribution in [2.45, 2.75) is 19.9 Å². The van der Waals surface area contributed by atoms with Crippen LogP contribution < -0.4 is 20.9 Å². The highest BCUT2D eigenvalue weighted by Crippen LogP contribution is 2.21. The summed E-state index contributed by atoms with van der Waals surface area (Å²) in [5.41, 5.74) is 5.68. The zero-order chi connectivity index (χ0) is 16.7. The Balaban J connectivity index is 1.96. The van der Waals surface area contributed by atoms with E-state index < -0.39 is 0 Å². The van der Waals surface area contributed by atoms with E-state index in [1.165, 1.54) is 0 Å². The van der Waals surface area contributed by atoms with E-state index in [1.807, 2.05) is 44.2 Å². The molecule has 120 valence electrons. The fraction of sp³-hybridized carbons (Fsp3) is 0.176. The Morgan fingerprint density at radius 1 is 1.00 bits per heavy atom. The number of amides is 1.